The number of benzene rings is 1. The highest BCUT2D eigenvalue weighted by molar-refractivity contribution is 5.16. The SMILES string of the molecule is CC(C)(C#N)NCCc1ccc(F)cc1. The number of nitrogens with zero attached hydrogens (tertiary/aromatic N) is 1. The Balaban J connectivity index is 2.39. The van der Waals surface area contributed by atoms with Crippen LogP contribution in [0.5, 0.6) is 0 Å². The van der Waals surface area contributed by atoms with Gasteiger partial charge in [-0.25, -0.2) is 4.39 Å². The molecule has 0 aliphatic carbocycles. The molecule has 0 heterocycles. The fourth-order valence-corrected chi connectivity index (χ4v) is 1.21. The van der Waals surface area contributed by atoms with Gasteiger partial charge in [-0.05, 0) is 38.0 Å². The molecule has 1 aromatic rings. The molecular weight excluding hydrogens is 191 g/mol. The van der Waals surface area contributed by atoms with Gasteiger partial charge < -0.3 is 0 Å². The van der Waals surface area contributed by atoms with Crippen LogP contribution in [0.2, 0.25) is 0 Å². The number of nitriles is 1. The van der Waals surface area contributed by atoms with Crippen LogP contribution in [0.3, 0.4) is 0 Å². The van der Waals surface area contributed by atoms with Crippen molar-refractivity contribution in [2.45, 2.75) is 25.8 Å². The maximum Gasteiger partial charge on any atom is 0.123 e. The number of hydrogen-bond donors (Lipinski definition) is 1. The zero-order valence-corrected chi connectivity index (χ0v) is 9.05. The van der Waals surface area contributed by atoms with E-state index in [0.717, 1.165) is 12.0 Å². The zero-order chi connectivity index (χ0) is 11.3. The van der Waals surface area contributed by atoms with E-state index in [1.165, 1.54) is 12.1 Å². The topological polar surface area (TPSA) is 35.8 Å². The third kappa shape index (κ3) is 4.09. The highest BCUT2D eigenvalue weighted by Crippen LogP contribution is 2.04. The van der Waals surface area contributed by atoms with Crippen LogP contribution >= 0.6 is 0 Å². The van der Waals surface area contributed by atoms with Gasteiger partial charge in [-0.15, -0.1) is 0 Å². The molecule has 1 N–H and O–H groups in total. The van der Waals surface area contributed by atoms with E-state index in [9.17, 15) is 4.39 Å². The van der Waals surface area contributed by atoms with Gasteiger partial charge >= 0.3 is 0 Å². The Hall–Kier alpha value is -1.40. The maximum atomic E-state index is 12.6. The summed E-state index contributed by atoms with van der Waals surface area (Å²) >= 11 is 0. The van der Waals surface area contributed by atoms with Gasteiger partial charge in [0.15, 0.2) is 0 Å². The first kappa shape index (κ1) is 11.7. The maximum absolute atomic E-state index is 12.6. The molecule has 0 bridgehead atoms. The third-order valence-corrected chi connectivity index (χ3v) is 2.17. The van der Waals surface area contributed by atoms with Gasteiger partial charge in [0.1, 0.15) is 11.4 Å². The average Bonchev–Trinajstić information content (AvgIpc) is 2.21. The molecule has 0 unspecified atom stereocenters. The minimum atomic E-state index is -0.500. The molecule has 0 spiro atoms. The normalized spacial score (nSPS) is 11.1. The minimum Gasteiger partial charge on any atom is -0.300 e. The summed E-state index contributed by atoms with van der Waals surface area (Å²) in [7, 11) is 0. The molecule has 0 amide bonds. The molecule has 0 saturated heterocycles. The van der Waals surface area contributed by atoms with Crippen LogP contribution in [0.4, 0.5) is 4.39 Å². The van der Waals surface area contributed by atoms with E-state index in [1.807, 2.05) is 13.8 Å². The molecule has 2 nitrogen and oxygen atoms in total. The quantitative estimate of drug-likeness (QED) is 0.820. The van der Waals surface area contributed by atoms with E-state index < -0.39 is 5.54 Å². The predicted octanol–water partition coefficient (Wildman–Crippen LogP) is 2.26. The van der Waals surface area contributed by atoms with Gasteiger partial charge in [0.2, 0.25) is 0 Å². The summed E-state index contributed by atoms with van der Waals surface area (Å²) in [5, 5.41) is 11.9. The molecule has 3 heteroatoms. The first-order valence-electron chi connectivity index (χ1n) is 4.94. The number of rotatable bonds is 4. The second-order valence-corrected chi connectivity index (χ2v) is 4.04. The number of halogens is 1. The van der Waals surface area contributed by atoms with E-state index in [1.54, 1.807) is 12.1 Å². The molecule has 80 valence electrons. The summed E-state index contributed by atoms with van der Waals surface area (Å²) in [5.41, 5.74) is 0.567. The second kappa shape index (κ2) is 4.90. The lowest BCUT2D eigenvalue weighted by atomic mass is 10.1. The summed E-state index contributed by atoms with van der Waals surface area (Å²) in [4.78, 5) is 0. The summed E-state index contributed by atoms with van der Waals surface area (Å²) in [6, 6.07) is 8.58. The van der Waals surface area contributed by atoms with Gasteiger partial charge in [0, 0.05) is 6.54 Å². The number of hydrogen-bond acceptors (Lipinski definition) is 2. The van der Waals surface area contributed by atoms with Crippen molar-refractivity contribution in [3.8, 4) is 6.07 Å². The van der Waals surface area contributed by atoms with Crippen LogP contribution in [0.25, 0.3) is 0 Å². The lowest BCUT2D eigenvalue weighted by molar-refractivity contribution is 0.489. The Morgan fingerprint density at radius 3 is 2.47 bits per heavy atom. The molecule has 1 aromatic carbocycles. The van der Waals surface area contributed by atoms with Gasteiger partial charge in [0.05, 0.1) is 6.07 Å². The van der Waals surface area contributed by atoms with Crippen LogP contribution in [0.15, 0.2) is 24.3 Å². The smallest absolute Gasteiger partial charge is 0.123 e. The van der Waals surface area contributed by atoms with Crippen LogP contribution in [-0.2, 0) is 6.42 Å². The van der Waals surface area contributed by atoms with Crippen molar-refractivity contribution in [2.24, 2.45) is 0 Å². The van der Waals surface area contributed by atoms with Gasteiger partial charge in [-0.2, -0.15) is 5.26 Å². The van der Waals surface area contributed by atoms with Crippen molar-refractivity contribution >= 4 is 0 Å². The van der Waals surface area contributed by atoms with Crippen molar-refractivity contribution in [1.82, 2.24) is 5.32 Å². The Kier molecular flexibility index (Phi) is 3.81. The fraction of sp³-hybridized carbons (Fsp3) is 0.417. The van der Waals surface area contributed by atoms with Crippen LogP contribution in [-0.4, -0.2) is 12.1 Å². The van der Waals surface area contributed by atoms with Crippen LogP contribution < -0.4 is 5.32 Å². The molecule has 0 aliphatic heterocycles. The second-order valence-electron chi connectivity index (χ2n) is 4.04. The first-order chi connectivity index (χ1) is 7.03. The highest BCUT2D eigenvalue weighted by Gasteiger charge is 2.14. The van der Waals surface area contributed by atoms with E-state index in [2.05, 4.69) is 11.4 Å². The largest absolute Gasteiger partial charge is 0.300 e. The van der Waals surface area contributed by atoms with Gasteiger partial charge in [0.25, 0.3) is 0 Å². The van der Waals surface area contributed by atoms with Crippen LogP contribution in [0, 0.1) is 17.1 Å². The van der Waals surface area contributed by atoms with Crippen molar-refractivity contribution < 1.29 is 4.39 Å². The van der Waals surface area contributed by atoms with Gasteiger partial charge in [-0.3, -0.25) is 5.32 Å². The zero-order valence-electron chi connectivity index (χ0n) is 9.05. The standard InChI is InChI=1S/C12H15FN2/c1-12(2,9-14)15-8-7-10-3-5-11(13)6-4-10/h3-6,15H,7-8H2,1-2H3. The molecular formula is C12H15FN2. The Bertz CT molecular complexity index is 349. The molecule has 0 aliphatic rings. The fourth-order valence-electron chi connectivity index (χ4n) is 1.21. The van der Waals surface area contributed by atoms with Crippen LogP contribution in [0.1, 0.15) is 19.4 Å². The van der Waals surface area contributed by atoms with Gasteiger partial charge in [-0.1, -0.05) is 12.1 Å². The molecule has 0 aromatic heterocycles. The van der Waals surface area contributed by atoms with Crippen molar-refractivity contribution in [2.75, 3.05) is 6.54 Å². The average molecular weight is 206 g/mol. The molecule has 0 fully saturated rings. The molecule has 1 rings (SSSR count). The monoisotopic (exact) mass is 206 g/mol. The van der Waals surface area contributed by atoms with E-state index in [0.29, 0.717) is 6.54 Å². The molecule has 15 heavy (non-hydrogen) atoms. The molecule has 0 radical (unpaired) electrons. The Morgan fingerprint density at radius 1 is 1.33 bits per heavy atom. The van der Waals surface area contributed by atoms with E-state index in [-0.39, 0.29) is 5.82 Å². The third-order valence-electron chi connectivity index (χ3n) is 2.17. The Morgan fingerprint density at radius 2 is 1.93 bits per heavy atom. The molecule has 0 saturated carbocycles. The summed E-state index contributed by atoms with van der Waals surface area (Å²) < 4.78 is 12.6. The first-order valence-corrected chi connectivity index (χ1v) is 4.94. The molecule has 0 atom stereocenters. The Labute approximate surface area is 89.7 Å². The van der Waals surface area contributed by atoms with Crippen molar-refractivity contribution in [3.05, 3.63) is 35.6 Å². The highest BCUT2D eigenvalue weighted by atomic mass is 19.1. The van der Waals surface area contributed by atoms with E-state index in [4.69, 9.17) is 5.26 Å². The summed E-state index contributed by atoms with van der Waals surface area (Å²) in [5.74, 6) is -0.218. The number of nitrogens with one attached hydrogen (secondary N) is 1. The minimum absolute atomic E-state index is 0.218. The predicted molar refractivity (Wildman–Crippen MR) is 57.8 cm³/mol. The van der Waals surface area contributed by atoms with E-state index >= 15 is 0 Å². The lowest BCUT2D eigenvalue weighted by Gasteiger charge is -2.17. The van der Waals surface area contributed by atoms with Crippen molar-refractivity contribution in [3.63, 3.8) is 0 Å². The summed E-state index contributed by atoms with van der Waals surface area (Å²) in [6.45, 7) is 4.38. The van der Waals surface area contributed by atoms with Crippen molar-refractivity contribution in [1.29, 1.82) is 5.26 Å². The summed E-state index contributed by atoms with van der Waals surface area (Å²) in [6.07, 6.45) is 0.797. The lowest BCUT2D eigenvalue weighted by Crippen LogP contribution is -2.38.